The van der Waals surface area contributed by atoms with Crippen LogP contribution in [0.25, 0.3) is 10.9 Å². The maximum atomic E-state index is 13.3. The van der Waals surface area contributed by atoms with Gasteiger partial charge in [-0.05, 0) is 17.5 Å². The van der Waals surface area contributed by atoms with Crippen LogP contribution in [0.3, 0.4) is 0 Å². The van der Waals surface area contributed by atoms with E-state index >= 15 is 0 Å². The van der Waals surface area contributed by atoms with Gasteiger partial charge in [0.15, 0.2) is 0 Å². The Morgan fingerprint density at radius 1 is 1.33 bits per heavy atom. The summed E-state index contributed by atoms with van der Waals surface area (Å²) < 4.78 is 13.3. The first-order chi connectivity index (χ1) is 6.91. The summed E-state index contributed by atoms with van der Waals surface area (Å²) in [6.07, 6.45) is 0. The van der Waals surface area contributed by atoms with E-state index < -0.39 is 5.95 Å². The molecular formula is C11H12ClFN2. The largest absolute Gasteiger partial charge is 0.252 e. The molecule has 2 nitrogen and oxygen atoms in total. The van der Waals surface area contributed by atoms with Crippen molar-refractivity contribution in [2.24, 2.45) is 0 Å². The Morgan fingerprint density at radius 2 is 2.00 bits per heavy atom. The van der Waals surface area contributed by atoms with Gasteiger partial charge in [-0.15, -0.1) is 0 Å². The fourth-order valence-electron chi connectivity index (χ4n) is 1.74. The van der Waals surface area contributed by atoms with Crippen molar-refractivity contribution < 1.29 is 4.39 Å². The zero-order chi connectivity index (χ0) is 11.2. The van der Waals surface area contributed by atoms with Gasteiger partial charge in [-0.1, -0.05) is 32.4 Å². The van der Waals surface area contributed by atoms with Crippen molar-refractivity contribution in [2.75, 3.05) is 0 Å². The summed E-state index contributed by atoms with van der Waals surface area (Å²) >= 11 is 6.12. The van der Waals surface area contributed by atoms with Gasteiger partial charge in [0.05, 0.1) is 5.39 Å². The van der Waals surface area contributed by atoms with Crippen molar-refractivity contribution in [3.05, 3.63) is 28.7 Å². The molecule has 0 aliphatic carbocycles. The zero-order valence-corrected chi connectivity index (χ0v) is 9.61. The molecule has 1 aromatic carbocycles. The number of H-pyrrole nitrogens is 1. The van der Waals surface area contributed by atoms with Gasteiger partial charge in [0.25, 0.3) is 0 Å². The summed E-state index contributed by atoms with van der Waals surface area (Å²) in [4.78, 5) is 0. The standard InChI is InChI=1S/C11H12ClFN2/c1-11(2,3)8-7(12)5-4-6-9(8)14-15-10(6)13/h4-5H,1-3H3,(H,14,15). The van der Waals surface area contributed by atoms with Gasteiger partial charge in [-0.25, -0.2) is 0 Å². The first kappa shape index (κ1) is 10.4. The molecule has 4 heteroatoms. The van der Waals surface area contributed by atoms with Crippen LogP contribution in [-0.4, -0.2) is 10.2 Å². The molecule has 0 saturated carbocycles. The SMILES string of the molecule is CC(C)(C)c1c(Cl)ccc2c(F)[nH]nc12. The van der Waals surface area contributed by atoms with Crippen LogP contribution in [0.15, 0.2) is 12.1 Å². The topological polar surface area (TPSA) is 28.7 Å². The lowest BCUT2D eigenvalue weighted by Crippen LogP contribution is -2.12. The molecule has 1 aromatic heterocycles. The highest BCUT2D eigenvalue weighted by molar-refractivity contribution is 6.32. The number of nitrogens with zero attached hydrogens (tertiary/aromatic N) is 1. The average molecular weight is 227 g/mol. The molecule has 1 heterocycles. The van der Waals surface area contributed by atoms with Crippen LogP contribution < -0.4 is 0 Å². The lowest BCUT2D eigenvalue weighted by Gasteiger charge is -2.20. The Bertz CT molecular complexity index is 511. The maximum Gasteiger partial charge on any atom is 0.216 e. The van der Waals surface area contributed by atoms with Crippen molar-refractivity contribution in [1.82, 2.24) is 10.2 Å². The molecule has 0 unspecified atom stereocenters. The summed E-state index contributed by atoms with van der Waals surface area (Å²) in [7, 11) is 0. The molecule has 1 N–H and O–H groups in total. The molecule has 0 bridgehead atoms. The molecule has 2 aromatic rings. The molecule has 0 spiro atoms. The normalized spacial score (nSPS) is 12.3. The van der Waals surface area contributed by atoms with Gasteiger partial charge in [0.2, 0.25) is 5.95 Å². The molecule has 0 radical (unpaired) electrons. The van der Waals surface area contributed by atoms with Crippen LogP contribution in [0.4, 0.5) is 4.39 Å². The fraction of sp³-hybridized carbons (Fsp3) is 0.364. The summed E-state index contributed by atoms with van der Waals surface area (Å²) in [5, 5.41) is 7.42. The third-order valence-corrected chi connectivity index (χ3v) is 2.69. The second-order valence-electron chi connectivity index (χ2n) is 4.61. The van der Waals surface area contributed by atoms with Crippen LogP contribution in [-0.2, 0) is 5.41 Å². The Hall–Kier alpha value is -1.09. The van der Waals surface area contributed by atoms with E-state index in [0.717, 1.165) is 5.56 Å². The number of nitrogens with one attached hydrogen (secondary N) is 1. The van der Waals surface area contributed by atoms with Crippen molar-refractivity contribution >= 4 is 22.5 Å². The smallest absolute Gasteiger partial charge is 0.216 e. The van der Waals surface area contributed by atoms with Crippen molar-refractivity contribution in [3.8, 4) is 0 Å². The molecule has 0 fully saturated rings. The minimum absolute atomic E-state index is 0.155. The van der Waals surface area contributed by atoms with E-state index in [9.17, 15) is 4.39 Å². The van der Waals surface area contributed by atoms with Gasteiger partial charge in [0, 0.05) is 10.6 Å². The summed E-state index contributed by atoms with van der Waals surface area (Å²) in [6, 6.07) is 3.36. The van der Waals surface area contributed by atoms with Gasteiger partial charge < -0.3 is 0 Å². The Morgan fingerprint density at radius 3 is 2.60 bits per heavy atom. The molecule has 2 rings (SSSR count). The van der Waals surface area contributed by atoms with Gasteiger partial charge in [-0.2, -0.15) is 9.49 Å². The number of hydrogen-bond donors (Lipinski definition) is 1. The highest BCUT2D eigenvalue weighted by Crippen LogP contribution is 2.35. The van der Waals surface area contributed by atoms with E-state index in [4.69, 9.17) is 11.6 Å². The second-order valence-corrected chi connectivity index (χ2v) is 5.01. The van der Waals surface area contributed by atoms with E-state index in [-0.39, 0.29) is 5.41 Å². The summed E-state index contributed by atoms with van der Waals surface area (Å²) in [6.45, 7) is 6.08. The number of fused-ring (bicyclic) bond motifs is 1. The van der Waals surface area contributed by atoms with Crippen molar-refractivity contribution in [3.63, 3.8) is 0 Å². The van der Waals surface area contributed by atoms with Gasteiger partial charge in [-0.3, -0.25) is 5.10 Å². The second kappa shape index (κ2) is 3.20. The summed E-state index contributed by atoms with van der Waals surface area (Å²) in [5.41, 5.74) is 1.34. The molecular weight excluding hydrogens is 215 g/mol. The van der Waals surface area contributed by atoms with Crippen molar-refractivity contribution in [1.29, 1.82) is 0 Å². The highest BCUT2D eigenvalue weighted by Gasteiger charge is 2.23. The predicted molar refractivity (Wildman–Crippen MR) is 59.8 cm³/mol. The number of rotatable bonds is 0. The molecule has 0 aliphatic heterocycles. The first-order valence-electron chi connectivity index (χ1n) is 4.74. The monoisotopic (exact) mass is 226 g/mol. The van der Waals surface area contributed by atoms with Crippen LogP contribution in [0.1, 0.15) is 26.3 Å². The van der Waals surface area contributed by atoms with E-state index in [1.807, 2.05) is 20.8 Å². The van der Waals surface area contributed by atoms with Crippen molar-refractivity contribution in [2.45, 2.75) is 26.2 Å². The third-order valence-electron chi connectivity index (χ3n) is 2.38. The molecule has 80 valence electrons. The van der Waals surface area contributed by atoms with Crippen LogP contribution in [0.2, 0.25) is 5.02 Å². The predicted octanol–water partition coefficient (Wildman–Crippen LogP) is 3.65. The number of hydrogen-bond acceptors (Lipinski definition) is 1. The number of aromatic amines is 1. The molecule has 0 amide bonds. The van der Waals surface area contributed by atoms with Crippen LogP contribution >= 0.6 is 11.6 Å². The lowest BCUT2D eigenvalue weighted by atomic mass is 9.86. The van der Waals surface area contributed by atoms with Gasteiger partial charge in [0.1, 0.15) is 5.52 Å². The fourth-order valence-corrected chi connectivity index (χ4v) is 2.17. The number of halogens is 2. The van der Waals surface area contributed by atoms with E-state index in [1.165, 1.54) is 0 Å². The molecule has 15 heavy (non-hydrogen) atoms. The Kier molecular flexibility index (Phi) is 2.23. The van der Waals surface area contributed by atoms with Crippen LogP contribution in [0.5, 0.6) is 0 Å². The Balaban J connectivity index is 2.87. The van der Waals surface area contributed by atoms with E-state index in [0.29, 0.717) is 15.9 Å². The molecule has 0 aliphatic rings. The third kappa shape index (κ3) is 1.61. The quantitative estimate of drug-likeness (QED) is 0.730. The first-order valence-corrected chi connectivity index (χ1v) is 5.11. The van der Waals surface area contributed by atoms with Gasteiger partial charge >= 0.3 is 0 Å². The maximum absolute atomic E-state index is 13.3. The molecule has 0 saturated heterocycles. The highest BCUT2D eigenvalue weighted by atomic mass is 35.5. The minimum atomic E-state index is -0.410. The zero-order valence-electron chi connectivity index (χ0n) is 8.86. The van der Waals surface area contributed by atoms with E-state index in [2.05, 4.69) is 10.2 Å². The van der Waals surface area contributed by atoms with Crippen LogP contribution in [0, 0.1) is 5.95 Å². The van der Waals surface area contributed by atoms with E-state index in [1.54, 1.807) is 12.1 Å². The molecule has 0 atom stereocenters. The average Bonchev–Trinajstić information content (AvgIpc) is 2.45. The Labute approximate surface area is 92.4 Å². The lowest BCUT2D eigenvalue weighted by molar-refractivity contribution is 0.587. The summed E-state index contributed by atoms with van der Waals surface area (Å²) in [5.74, 6) is -0.410. The minimum Gasteiger partial charge on any atom is -0.252 e. The number of aromatic nitrogens is 2. The number of benzene rings is 1.